The predicted octanol–water partition coefficient (Wildman–Crippen LogP) is 3.96. The molecule has 9 heteroatoms. The van der Waals surface area contributed by atoms with Crippen molar-refractivity contribution in [1.82, 2.24) is 0 Å². The van der Waals surface area contributed by atoms with Gasteiger partial charge in [0.1, 0.15) is 5.75 Å². The summed E-state index contributed by atoms with van der Waals surface area (Å²) >= 11 is 0. The quantitative estimate of drug-likeness (QED) is 0.401. The van der Waals surface area contributed by atoms with Gasteiger partial charge >= 0.3 is 6.36 Å². The Balaban J connectivity index is 1.81. The Hall–Kier alpha value is -3.10. The fourth-order valence-electron chi connectivity index (χ4n) is 2.45. The predicted molar refractivity (Wildman–Crippen MR) is 101 cm³/mol. The molecule has 2 aromatic carbocycles. The first-order valence-electron chi connectivity index (χ1n) is 8.44. The fourth-order valence-corrected chi connectivity index (χ4v) is 2.45. The molecule has 0 heterocycles. The first-order valence-corrected chi connectivity index (χ1v) is 8.44. The standard InChI is InChI=1S/C19H22F3N3O3/c1-26-16-10-5-13(12-17(16)27-2)4-3-11-24-18(23)25-14-6-8-15(9-7-14)28-19(20,21)22/h5-10,12H,3-4,11H2,1-2H3,(H3,23,24,25). The third-order valence-electron chi connectivity index (χ3n) is 3.71. The molecule has 0 spiro atoms. The van der Waals surface area contributed by atoms with Crippen LogP contribution in [-0.2, 0) is 6.42 Å². The van der Waals surface area contributed by atoms with Gasteiger partial charge in [-0.2, -0.15) is 0 Å². The molecule has 0 radical (unpaired) electrons. The molecule has 6 nitrogen and oxygen atoms in total. The number of alkyl halides is 3. The van der Waals surface area contributed by atoms with E-state index in [0.717, 1.165) is 18.4 Å². The van der Waals surface area contributed by atoms with Gasteiger partial charge in [0.25, 0.3) is 0 Å². The summed E-state index contributed by atoms with van der Waals surface area (Å²) in [7, 11) is 3.17. The molecule has 0 aromatic heterocycles. The monoisotopic (exact) mass is 397 g/mol. The molecule has 0 aliphatic rings. The van der Waals surface area contributed by atoms with Crippen molar-refractivity contribution >= 4 is 11.6 Å². The van der Waals surface area contributed by atoms with Crippen LogP contribution in [0.15, 0.2) is 47.5 Å². The number of aryl methyl sites for hydroxylation is 1. The summed E-state index contributed by atoms with van der Waals surface area (Å²) in [6.45, 7) is 0.489. The van der Waals surface area contributed by atoms with E-state index in [1.165, 1.54) is 24.3 Å². The van der Waals surface area contributed by atoms with Crippen LogP contribution in [0.3, 0.4) is 0 Å². The number of anilines is 1. The largest absolute Gasteiger partial charge is 0.573 e. The van der Waals surface area contributed by atoms with Crippen molar-refractivity contribution in [2.75, 3.05) is 26.1 Å². The second kappa shape index (κ2) is 9.72. The second-order valence-corrected chi connectivity index (χ2v) is 5.76. The van der Waals surface area contributed by atoms with Gasteiger partial charge in [0, 0.05) is 12.2 Å². The molecule has 0 saturated carbocycles. The molecular weight excluding hydrogens is 375 g/mol. The highest BCUT2D eigenvalue weighted by atomic mass is 19.4. The third kappa shape index (κ3) is 6.90. The number of nitrogens with two attached hydrogens (primary N) is 1. The number of halogens is 3. The third-order valence-corrected chi connectivity index (χ3v) is 3.71. The van der Waals surface area contributed by atoms with Crippen molar-refractivity contribution in [3.05, 3.63) is 48.0 Å². The van der Waals surface area contributed by atoms with E-state index in [9.17, 15) is 13.2 Å². The number of ether oxygens (including phenoxy) is 3. The molecule has 0 fully saturated rings. The minimum Gasteiger partial charge on any atom is -0.493 e. The van der Waals surface area contributed by atoms with Gasteiger partial charge in [0.2, 0.25) is 0 Å². The van der Waals surface area contributed by atoms with E-state index in [1.54, 1.807) is 14.2 Å². The van der Waals surface area contributed by atoms with Gasteiger partial charge in [-0.25, -0.2) is 0 Å². The van der Waals surface area contributed by atoms with Crippen molar-refractivity contribution in [1.29, 1.82) is 0 Å². The Bertz CT molecular complexity index is 793. The highest BCUT2D eigenvalue weighted by Crippen LogP contribution is 2.28. The molecule has 3 N–H and O–H groups in total. The molecule has 28 heavy (non-hydrogen) atoms. The first kappa shape index (κ1) is 21.2. The summed E-state index contributed by atoms with van der Waals surface area (Å²) in [4.78, 5) is 4.21. The Labute approximate surface area is 161 Å². The van der Waals surface area contributed by atoms with Crippen LogP contribution in [-0.4, -0.2) is 33.1 Å². The maximum absolute atomic E-state index is 12.1. The van der Waals surface area contributed by atoms with Crippen LogP contribution in [0.2, 0.25) is 0 Å². The lowest BCUT2D eigenvalue weighted by Crippen LogP contribution is -2.23. The SMILES string of the molecule is COc1ccc(CCCN=C(N)Nc2ccc(OC(F)(F)F)cc2)cc1OC. The summed E-state index contributed by atoms with van der Waals surface area (Å²) in [5.41, 5.74) is 7.39. The maximum Gasteiger partial charge on any atom is 0.573 e. The average Bonchev–Trinajstić information content (AvgIpc) is 2.65. The number of benzene rings is 2. The van der Waals surface area contributed by atoms with E-state index in [4.69, 9.17) is 15.2 Å². The van der Waals surface area contributed by atoms with Gasteiger partial charge in [-0.05, 0) is 54.8 Å². The molecule has 152 valence electrons. The number of hydrogen-bond donors (Lipinski definition) is 2. The summed E-state index contributed by atoms with van der Waals surface area (Å²) in [6.07, 6.45) is -3.18. The van der Waals surface area contributed by atoms with Crippen LogP contribution in [0.4, 0.5) is 18.9 Å². The summed E-state index contributed by atoms with van der Waals surface area (Å²) in [5, 5.41) is 2.82. The fraction of sp³-hybridized carbons (Fsp3) is 0.316. The van der Waals surface area contributed by atoms with Gasteiger partial charge in [-0.15, -0.1) is 13.2 Å². The van der Waals surface area contributed by atoms with Gasteiger partial charge in [-0.1, -0.05) is 6.07 Å². The molecule has 0 aliphatic carbocycles. The van der Waals surface area contributed by atoms with Crippen LogP contribution in [0, 0.1) is 0 Å². The summed E-state index contributed by atoms with van der Waals surface area (Å²) in [6, 6.07) is 11.0. The van der Waals surface area contributed by atoms with E-state index in [0.29, 0.717) is 23.7 Å². The number of guanidine groups is 1. The molecule has 2 rings (SSSR count). The number of methoxy groups -OCH3 is 2. The second-order valence-electron chi connectivity index (χ2n) is 5.76. The highest BCUT2D eigenvalue weighted by molar-refractivity contribution is 5.92. The lowest BCUT2D eigenvalue weighted by molar-refractivity contribution is -0.274. The van der Waals surface area contributed by atoms with E-state index >= 15 is 0 Å². The van der Waals surface area contributed by atoms with E-state index in [-0.39, 0.29) is 11.7 Å². The minimum atomic E-state index is -4.72. The molecule has 0 aliphatic heterocycles. The van der Waals surface area contributed by atoms with Gasteiger partial charge in [0.15, 0.2) is 17.5 Å². The number of nitrogens with zero attached hydrogens (tertiary/aromatic N) is 1. The van der Waals surface area contributed by atoms with E-state index < -0.39 is 6.36 Å². The molecule has 0 saturated heterocycles. The van der Waals surface area contributed by atoms with Crippen LogP contribution in [0.1, 0.15) is 12.0 Å². The Morgan fingerprint density at radius 2 is 1.71 bits per heavy atom. The molecular formula is C19H22F3N3O3. The number of nitrogens with one attached hydrogen (secondary N) is 1. The molecule has 2 aromatic rings. The van der Waals surface area contributed by atoms with Crippen LogP contribution >= 0.6 is 0 Å². The average molecular weight is 397 g/mol. The Kier molecular flexibility index (Phi) is 7.36. The van der Waals surface area contributed by atoms with Crippen molar-refractivity contribution in [2.24, 2.45) is 10.7 Å². The van der Waals surface area contributed by atoms with Gasteiger partial charge < -0.3 is 25.3 Å². The van der Waals surface area contributed by atoms with Gasteiger partial charge in [-0.3, -0.25) is 4.99 Å². The van der Waals surface area contributed by atoms with Crippen LogP contribution in [0.5, 0.6) is 17.2 Å². The molecule has 0 atom stereocenters. The minimum absolute atomic E-state index is 0.178. The smallest absolute Gasteiger partial charge is 0.493 e. The van der Waals surface area contributed by atoms with Crippen LogP contribution in [0.25, 0.3) is 0 Å². The molecule has 0 bridgehead atoms. The number of rotatable bonds is 8. The van der Waals surface area contributed by atoms with Crippen molar-refractivity contribution < 1.29 is 27.4 Å². The highest BCUT2D eigenvalue weighted by Gasteiger charge is 2.30. The van der Waals surface area contributed by atoms with Crippen molar-refractivity contribution in [3.63, 3.8) is 0 Å². The van der Waals surface area contributed by atoms with Crippen LogP contribution < -0.4 is 25.3 Å². The van der Waals surface area contributed by atoms with E-state index in [2.05, 4.69) is 15.0 Å². The first-order chi connectivity index (χ1) is 13.3. The number of hydrogen-bond acceptors (Lipinski definition) is 4. The normalized spacial score (nSPS) is 11.8. The lowest BCUT2D eigenvalue weighted by atomic mass is 10.1. The Morgan fingerprint density at radius 1 is 1.04 bits per heavy atom. The van der Waals surface area contributed by atoms with Crippen molar-refractivity contribution in [3.8, 4) is 17.2 Å². The summed E-state index contributed by atoms with van der Waals surface area (Å²) < 4.78 is 50.7. The zero-order chi connectivity index (χ0) is 20.6. The van der Waals surface area contributed by atoms with E-state index in [1.807, 2.05) is 18.2 Å². The zero-order valence-corrected chi connectivity index (χ0v) is 15.5. The topological polar surface area (TPSA) is 78.1 Å². The summed E-state index contributed by atoms with van der Waals surface area (Å²) in [5.74, 6) is 1.22. The van der Waals surface area contributed by atoms with Crippen molar-refractivity contribution in [2.45, 2.75) is 19.2 Å². The maximum atomic E-state index is 12.1. The number of aliphatic imine (C=N–C) groups is 1. The zero-order valence-electron chi connectivity index (χ0n) is 15.5. The molecule has 0 amide bonds. The molecule has 0 unspecified atom stereocenters. The lowest BCUT2D eigenvalue weighted by Gasteiger charge is -2.10. The Morgan fingerprint density at radius 3 is 2.32 bits per heavy atom. The van der Waals surface area contributed by atoms with Gasteiger partial charge in [0.05, 0.1) is 14.2 Å².